The number of para-hydroxylation sites is 1. The molecule has 0 bridgehead atoms. The minimum atomic E-state index is -1.06. The Morgan fingerprint density at radius 1 is 1.17 bits per heavy atom. The topological polar surface area (TPSA) is 114 Å². The fourth-order valence-electron chi connectivity index (χ4n) is 3.41. The fraction of sp³-hybridized carbons (Fsp3) is 0.286. The van der Waals surface area contributed by atoms with Crippen LogP contribution in [0, 0.1) is 0 Å². The highest BCUT2D eigenvalue weighted by molar-refractivity contribution is 6.01. The molecule has 0 aromatic heterocycles. The molecule has 0 aliphatic carbocycles. The van der Waals surface area contributed by atoms with Crippen LogP contribution in [-0.2, 0) is 14.4 Å². The van der Waals surface area contributed by atoms with Gasteiger partial charge in [0.15, 0.2) is 11.5 Å². The van der Waals surface area contributed by atoms with E-state index in [4.69, 9.17) is 9.47 Å². The second kappa shape index (κ2) is 8.64. The highest BCUT2D eigenvalue weighted by Crippen LogP contribution is 2.34. The van der Waals surface area contributed by atoms with Crippen LogP contribution in [0.2, 0.25) is 0 Å². The van der Waals surface area contributed by atoms with Crippen LogP contribution in [0.15, 0.2) is 42.5 Å². The minimum Gasteiger partial charge on any atom is -0.493 e. The monoisotopic (exact) mass is 398 g/mol. The molecule has 3 rings (SSSR count). The molecule has 8 nitrogen and oxygen atoms in total. The first kappa shape index (κ1) is 20.2. The number of nitrogens with one attached hydrogen (secondary N) is 2. The van der Waals surface area contributed by atoms with E-state index in [0.717, 1.165) is 0 Å². The van der Waals surface area contributed by atoms with Crippen molar-refractivity contribution in [1.82, 2.24) is 5.32 Å². The Balaban J connectivity index is 1.89. The molecular weight excluding hydrogens is 376 g/mol. The molecule has 1 heterocycles. The number of aliphatic carboxylic acids is 1. The molecule has 2 amide bonds. The van der Waals surface area contributed by atoms with E-state index in [1.54, 1.807) is 42.5 Å². The van der Waals surface area contributed by atoms with E-state index in [2.05, 4.69) is 10.6 Å². The van der Waals surface area contributed by atoms with Gasteiger partial charge in [-0.15, -0.1) is 0 Å². The molecule has 2 aromatic carbocycles. The second-order valence-electron chi connectivity index (χ2n) is 6.67. The molecule has 8 heteroatoms. The Labute approximate surface area is 167 Å². The Hall–Kier alpha value is -3.55. The number of fused-ring (bicyclic) bond motifs is 1. The second-order valence-corrected chi connectivity index (χ2v) is 6.67. The average Bonchev–Trinajstić information content (AvgIpc) is 2.71. The summed E-state index contributed by atoms with van der Waals surface area (Å²) in [6.07, 6.45) is -0.323. The minimum absolute atomic E-state index is 0.00539. The molecule has 2 atom stereocenters. The predicted molar refractivity (Wildman–Crippen MR) is 105 cm³/mol. The van der Waals surface area contributed by atoms with Gasteiger partial charge >= 0.3 is 5.97 Å². The molecule has 2 aromatic rings. The summed E-state index contributed by atoms with van der Waals surface area (Å²) in [6, 6.07) is 11.2. The number of carbonyl (C=O) groups excluding carboxylic acids is 2. The number of hydrogen-bond donors (Lipinski definition) is 3. The highest BCUT2D eigenvalue weighted by Gasteiger charge is 2.32. The Morgan fingerprint density at radius 3 is 2.59 bits per heavy atom. The molecular formula is C21H22N2O6. The van der Waals surface area contributed by atoms with E-state index in [-0.39, 0.29) is 18.7 Å². The van der Waals surface area contributed by atoms with Gasteiger partial charge in [0.05, 0.1) is 32.6 Å². The summed E-state index contributed by atoms with van der Waals surface area (Å²) in [5.74, 6) is -1.51. The molecule has 1 aliphatic rings. The van der Waals surface area contributed by atoms with Crippen LogP contribution in [0.4, 0.5) is 5.69 Å². The lowest BCUT2D eigenvalue weighted by Gasteiger charge is -2.27. The van der Waals surface area contributed by atoms with Crippen LogP contribution in [0.1, 0.15) is 35.9 Å². The first-order chi connectivity index (χ1) is 13.9. The summed E-state index contributed by atoms with van der Waals surface area (Å²) in [4.78, 5) is 36.4. The molecule has 2 unspecified atom stereocenters. The Morgan fingerprint density at radius 2 is 1.90 bits per heavy atom. The summed E-state index contributed by atoms with van der Waals surface area (Å²) in [5.41, 5.74) is 1.85. The van der Waals surface area contributed by atoms with Gasteiger partial charge < -0.3 is 25.2 Å². The molecule has 3 N–H and O–H groups in total. The third kappa shape index (κ3) is 4.48. The standard InChI is InChI=1S/C21H22N2O6/c1-28-17-8-7-12(9-18(17)29-2)16(11-20(25)26)23-21(27)14-10-19(24)22-15-6-4-3-5-13(14)15/h3-9,14,16H,10-11H2,1-2H3,(H,22,24)(H,23,27)(H,25,26). The summed E-state index contributed by atoms with van der Waals surface area (Å²) < 4.78 is 10.5. The average molecular weight is 398 g/mol. The van der Waals surface area contributed by atoms with Crippen molar-refractivity contribution in [1.29, 1.82) is 0 Å². The molecule has 0 radical (unpaired) electrons. The van der Waals surface area contributed by atoms with Crippen molar-refractivity contribution in [2.24, 2.45) is 0 Å². The molecule has 152 valence electrons. The lowest BCUT2D eigenvalue weighted by molar-refractivity contribution is -0.138. The number of benzene rings is 2. The number of carbonyl (C=O) groups is 3. The number of anilines is 1. The first-order valence-electron chi connectivity index (χ1n) is 9.05. The van der Waals surface area contributed by atoms with Crippen LogP contribution >= 0.6 is 0 Å². The number of carboxylic acids is 1. The zero-order valence-corrected chi connectivity index (χ0v) is 16.1. The number of ether oxygens (including phenoxy) is 2. The van der Waals surface area contributed by atoms with Crippen molar-refractivity contribution in [3.05, 3.63) is 53.6 Å². The molecule has 0 saturated carbocycles. The summed E-state index contributed by atoms with van der Waals surface area (Å²) in [7, 11) is 2.98. The highest BCUT2D eigenvalue weighted by atomic mass is 16.5. The number of methoxy groups -OCH3 is 2. The lowest BCUT2D eigenvalue weighted by Crippen LogP contribution is -2.37. The maximum Gasteiger partial charge on any atom is 0.305 e. The van der Waals surface area contributed by atoms with Gasteiger partial charge in [-0.3, -0.25) is 14.4 Å². The largest absolute Gasteiger partial charge is 0.493 e. The fourth-order valence-corrected chi connectivity index (χ4v) is 3.41. The van der Waals surface area contributed by atoms with E-state index in [1.807, 2.05) is 0 Å². The van der Waals surface area contributed by atoms with Crippen molar-refractivity contribution in [2.45, 2.75) is 24.8 Å². The van der Waals surface area contributed by atoms with E-state index in [9.17, 15) is 19.5 Å². The van der Waals surface area contributed by atoms with Crippen molar-refractivity contribution >= 4 is 23.5 Å². The van der Waals surface area contributed by atoms with Crippen LogP contribution in [-0.4, -0.2) is 37.1 Å². The van der Waals surface area contributed by atoms with Crippen LogP contribution < -0.4 is 20.1 Å². The number of amides is 2. The van der Waals surface area contributed by atoms with Gasteiger partial charge in [-0.05, 0) is 29.3 Å². The van der Waals surface area contributed by atoms with Gasteiger partial charge in [-0.1, -0.05) is 24.3 Å². The van der Waals surface area contributed by atoms with Gasteiger partial charge in [0.25, 0.3) is 0 Å². The summed E-state index contributed by atoms with van der Waals surface area (Å²) in [5, 5.41) is 14.9. The van der Waals surface area contributed by atoms with Gasteiger partial charge in [-0.2, -0.15) is 0 Å². The third-order valence-corrected chi connectivity index (χ3v) is 4.82. The van der Waals surface area contributed by atoms with E-state index >= 15 is 0 Å². The number of carboxylic acid groups (broad SMARTS) is 1. The van der Waals surface area contributed by atoms with Crippen LogP contribution in [0.5, 0.6) is 11.5 Å². The SMILES string of the molecule is COc1ccc(C(CC(=O)O)NC(=O)C2CC(=O)Nc3ccccc32)cc1OC. The maximum atomic E-state index is 13.0. The van der Waals surface area contributed by atoms with Crippen LogP contribution in [0.3, 0.4) is 0 Å². The Bertz CT molecular complexity index is 943. The molecule has 0 saturated heterocycles. The van der Waals surface area contributed by atoms with Gasteiger partial charge in [0.2, 0.25) is 11.8 Å². The lowest BCUT2D eigenvalue weighted by atomic mass is 9.89. The molecule has 0 spiro atoms. The molecule has 29 heavy (non-hydrogen) atoms. The van der Waals surface area contributed by atoms with E-state index in [1.165, 1.54) is 14.2 Å². The predicted octanol–water partition coefficient (Wildman–Crippen LogP) is 2.46. The molecule has 0 fully saturated rings. The summed E-state index contributed by atoms with van der Waals surface area (Å²) >= 11 is 0. The quantitative estimate of drug-likeness (QED) is 0.660. The van der Waals surface area contributed by atoms with Gasteiger partial charge in [-0.25, -0.2) is 0 Å². The zero-order chi connectivity index (χ0) is 21.0. The van der Waals surface area contributed by atoms with Gasteiger partial charge in [0.1, 0.15) is 0 Å². The normalized spacial score (nSPS) is 16.2. The molecule has 1 aliphatic heterocycles. The third-order valence-electron chi connectivity index (χ3n) is 4.82. The van der Waals surface area contributed by atoms with Crippen molar-refractivity contribution in [2.75, 3.05) is 19.5 Å². The number of rotatable bonds is 7. The van der Waals surface area contributed by atoms with Gasteiger partial charge in [0, 0.05) is 12.1 Å². The van der Waals surface area contributed by atoms with Crippen molar-refractivity contribution < 1.29 is 29.0 Å². The van der Waals surface area contributed by atoms with Crippen molar-refractivity contribution in [3.63, 3.8) is 0 Å². The first-order valence-corrected chi connectivity index (χ1v) is 9.05. The summed E-state index contributed by atoms with van der Waals surface area (Å²) in [6.45, 7) is 0. The zero-order valence-electron chi connectivity index (χ0n) is 16.1. The van der Waals surface area contributed by atoms with Crippen LogP contribution in [0.25, 0.3) is 0 Å². The smallest absolute Gasteiger partial charge is 0.305 e. The van der Waals surface area contributed by atoms with Crippen molar-refractivity contribution in [3.8, 4) is 11.5 Å². The van der Waals surface area contributed by atoms with E-state index in [0.29, 0.717) is 28.3 Å². The maximum absolute atomic E-state index is 13.0. The Kier molecular flexibility index (Phi) is 6.01. The number of hydrogen-bond acceptors (Lipinski definition) is 5. The van der Waals surface area contributed by atoms with E-state index < -0.39 is 23.8 Å².